The van der Waals surface area contributed by atoms with Gasteiger partial charge in [0, 0.05) is 0 Å². The summed E-state index contributed by atoms with van der Waals surface area (Å²) in [6, 6.07) is 13.3. The molecule has 0 spiro atoms. The summed E-state index contributed by atoms with van der Waals surface area (Å²) in [5.74, 6) is -0.342. The van der Waals surface area contributed by atoms with Crippen molar-refractivity contribution in [3.63, 3.8) is 0 Å². The largest absolute Gasteiger partial charge is 0.488 e. The average molecular weight is 340 g/mol. The van der Waals surface area contributed by atoms with Crippen molar-refractivity contribution in [2.75, 3.05) is 13.7 Å². The van der Waals surface area contributed by atoms with E-state index in [-0.39, 0.29) is 24.5 Å². The Morgan fingerprint density at radius 1 is 1.12 bits per heavy atom. The van der Waals surface area contributed by atoms with Crippen LogP contribution in [-0.4, -0.2) is 25.6 Å². The number of nitrogens with zero attached hydrogens (tertiary/aromatic N) is 1. The van der Waals surface area contributed by atoms with Crippen LogP contribution in [-0.2, 0) is 16.1 Å². The fourth-order valence-corrected chi connectivity index (χ4v) is 1.96. The van der Waals surface area contributed by atoms with Crippen LogP contribution < -0.4 is 15.2 Å². The zero-order valence-corrected chi connectivity index (χ0v) is 13.5. The van der Waals surface area contributed by atoms with Crippen molar-refractivity contribution in [2.24, 2.45) is 5.73 Å². The number of nitriles is 1. The summed E-state index contributed by atoms with van der Waals surface area (Å²) in [4.78, 5) is 22.5. The SMILES string of the molecule is COC(=O)COc1ccc(COc2cc(C#N)ccc2C(N)=O)cc1. The smallest absolute Gasteiger partial charge is 0.343 e. The van der Waals surface area contributed by atoms with Gasteiger partial charge < -0.3 is 19.9 Å². The molecule has 0 aliphatic rings. The molecule has 25 heavy (non-hydrogen) atoms. The first-order valence-electron chi connectivity index (χ1n) is 7.29. The van der Waals surface area contributed by atoms with Crippen LogP contribution in [0.15, 0.2) is 42.5 Å². The Labute approximate surface area is 144 Å². The summed E-state index contributed by atoms with van der Waals surface area (Å²) < 4.78 is 15.3. The van der Waals surface area contributed by atoms with Crippen molar-refractivity contribution in [3.8, 4) is 17.6 Å². The molecule has 1 amide bonds. The molecule has 2 aromatic rings. The van der Waals surface area contributed by atoms with E-state index in [1.165, 1.54) is 25.3 Å². The zero-order valence-electron chi connectivity index (χ0n) is 13.5. The molecule has 2 N–H and O–H groups in total. The van der Waals surface area contributed by atoms with E-state index in [4.69, 9.17) is 20.5 Å². The molecule has 0 aromatic heterocycles. The monoisotopic (exact) mass is 340 g/mol. The fourth-order valence-electron chi connectivity index (χ4n) is 1.96. The minimum atomic E-state index is -0.633. The van der Waals surface area contributed by atoms with Crippen molar-refractivity contribution in [3.05, 3.63) is 59.2 Å². The van der Waals surface area contributed by atoms with Crippen LogP contribution in [0.3, 0.4) is 0 Å². The Kier molecular flexibility index (Phi) is 5.96. The Hall–Kier alpha value is -3.53. The highest BCUT2D eigenvalue weighted by Gasteiger charge is 2.11. The molecule has 7 heteroatoms. The van der Waals surface area contributed by atoms with E-state index in [2.05, 4.69) is 4.74 Å². The summed E-state index contributed by atoms with van der Waals surface area (Å²) in [5, 5.41) is 8.95. The number of methoxy groups -OCH3 is 1. The van der Waals surface area contributed by atoms with Crippen molar-refractivity contribution in [1.82, 2.24) is 0 Å². The lowest BCUT2D eigenvalue weighted by Crippen LogP contribution is -2.13. The van der Waals surface area contributed by atoms with Gasteiger partial charge in [0.1, 0.15) is 18.1 Å². The molecular weight excluding hydrogens is 324 g/mol. The number of carbonyl (C=O) groups excluding carboxylic acids is 2. The molecule has 0 aliphatic heterocycles. The minimum Gasteiger partial charge on any atom is -0.488 e. The molecule has 0 unspecified atom stereocenters. The first kappa shape index (κ1) is 17.8. The second kappa shape index (κ2) is 8.36. The molecule has 0 saturated carbocycles. The molecule has 2 aromatic carbocycles. The van der Waals surface area contributed by atoms with Gasteiger partial charge in [-0.25, -0.2) is 4.79 Å². The van der Waals surface area contributed by atoms with Gasteiger partial charge in [-0.05, 0) is 35.9 Å². The standard InChI is InChI=1S/C18H16N2O5/c1-23-17(21)11-24-14-5-2-12(3-6-14)10-25-16-8-13(9-19)4-7-15(16)18(20)22/h2-8H,10-11H2,1H3,(H2,20,22). The number of benzene rings is 2. The van der Waals surface area contributed by atoms with Gasteiger partial charge >= 0.3 is 5.97 Å². The fraction of sp³-hybridized carbons (Fsp3) is 0.167. The van der Waals surface area contributed by atoms with E-state index in [0.717, 1.165) is 5.56 Å². The Balaban J connectivity index is 2.03. The highest BCUT2D eigenvalue weighted by molar-refractivity contribution is 5.95. The maximum atomic E-state index is 11.4. The molecule has 0 heterocycles. The summed E-state index contributed by atoms with van der Waals surface area (Å²) in [6.45, 7) is 0.00170. The summed E-state index contributed by atoms with van der Waals surface area (Å²) in [5.41, 5.74) is 6.69. The number of rotatable bonds is 7. The molecule has 0 radical (unpaired) electrons. The second-order valence-corrected chi connectivity index (χ2v) is 4.98. The van der Waals surface area contributed by atoms with Crippen molar-refractivity contribution < 1.29 is 23.8 Å². The number of ether oxygens (including phenoxy) is 3. The van der Waals surface area contributed by atoms with Crippen LogP contribution in [0.1, 0.15) is 21.5 Å². The lowest BCUT2D eigenvalue weighted by Gasteiger charge is -2.11. The van der Waals surface area contributed by atoms with Crippen molar-refractivity contribution in [1.29, 1.82) is 5.26 Å². The van der Waals surface area contributed by atoms with Gasteiger partial charge in [0.05, 0.1) is 24.3 Å². The maximum absolute atomic E-state index is 11.4. The summed E-state index contributed by atoms with van der Waals surface area (Å²) >= 11 is 0. The third kappa shape index (κ3) is 4.97. The lowest BCUT2D eigenvalue weighted by molar-refractivity contribution is -0.142. The second-order valence-electron chi connectivity index (χ2n) is 4.98. The predicted molar refractivity (Wildman–Crippen MR) is 88.0 cm³/mol. The molecule has 0 bridgehead atoms. The molecule has 0 aliphatic carbocycles. The van der Waals surface area contributed by atoms with Crippen LogP contribution in [0.2, 0.25) is 0 Å². The Bertz CT molecular complexity index is 809. The topological polar surface area (TPSA) is 112 Å². The van der Waals surface area contributed by atoms with Crippen molar-refractivity contribution in [2.45, 2.75) is 6.61 Å². The molecule has 0 fully saturated rings. The number of carbonyl (C=O) groups is 2. The Morgan fingerprint density at radius 2 is 1.84 bits per heavy atom. The average Bonchev–Trinajstić information content (AvgIpc) is 2.64. The van der Waals surface area contributed by atoms with E-state index >= 15 is 0 Å². The van der Waals surface area contributed by atoms with Gasteiger partial charge in [-0.1, -0.05) is 12.1 Å². The van der Waals surface area contributed by atoms with Crippen LogP contribution in [0.4, 0.5) is 0 Å². The number of primary amides is 1. The van der Waals surface area contributed by atoms with Crippen LogP contribution in [0, 0.1) is 11.3 Å². The molecule has 128 valence electrons. The van der Waals surface area contributed by atoms with E-state index in [9.17, 15) is 9.59 Å². The highest BCUT2D eigenvalue weighted by Crippen LogP contribution is 2.22. The molecule has 0 atom stereocenters. The highest BCUT2D eigenvalue weighted by atomic mass is 16.6. The number of amides is 1. The van der Waals surface area contributed by atoms with Gasteiger partial charge in [0.2, 0.25) is 0 Å². The van der Waals surface area contributed by atoms with Crippen LogP contribution in [0.5, 0.6) is 11.5 Å². The van der Waals surface area contributed by atoms with E-state index < -0.39 is 11.9 Å². The number of hydrogen-bond acceptors (Lipinski definition) is 6. The van der Waals surface area contributed by atoms with Gasteiger partial charge in [0.15, 0.2) is 6.61 Å². The minimum absolute atomic E-state index is 0.171. The van der Waals surface area contributed by atoms with Gasteiger partial charge in [0.25, 0.3) is 5.91 Å². The predicted octanol–water partition coefficient (Wildman–Crippen LogP) is 1.79. The molecule has 0 saturated heterocycles. The number of esters is 1. The maximum Gasteiger partial charge on any atom is 0.343 e. The quantitative estimate of drug-likeness (QED) is 0.769. The Morgan fingerprint density at radius 3 is 2.44 bits per heavy atom. The number of nitrogens with two attached hydrogens (primary N) is 1. The van der Waals surface area contributed by atoms with E-state index in [1.807, 2.05) is 6.07 Å². The third-order valence-electron chi connectivity index (χ3n) is 3.28. The summed E-state index contributed by atoms with van der Waals surface area (Å²) in [6.07, 6.45) is 0. The van der Waals surface area contributed by atoms with E-state index in [1.54, 1.807) is 24.3 Å². The van der Waals surface area contributed by atoms with Crippen LogP contribution >= 0.6 is 0 Å². The zero-order chi connectivity index (χ0) is 18.2. The molecular formula is C18H16N2O5. The lowest BCUT2D eigenvalue weighted by atomic mass is 10.1. The summed E-state index contributed by atoms with van der Waals surface area (Å²) in [7, 11) is 1.29. The third-order valence-corrected chi connectivity index (χ3v) is 3.28. The molecule has 7 nitrogen and oxygen atoms in total. The van der Waals surface area contributed by atoms with Gasteiger partial charge in [-0.3, -0.25) is 4.79 Å². The van der Waals surface area contributed by atoms with Gasteiger partial charge in [-0.15, -0.1) is 0 Å². The number of hydrogen-bond donors (Lipinski definition) is 1. The van der Waals surface area contributed by atoms with Crippen LogP contribution in [0.25, 0.3) is 0 Å². The first-order valence-corrected chi connectivity index (χ1v) is 7.29. The first-order chi connectivity index (χ1) is 12.0. The molecule has 2 rings (SSSR count). The van der Waals surface area contributed by atoms with Crippen molar-refractivity contribution >= 4 is 11.9 Å². The van der Waals surface area contributed by atoms with E-state index in [0.29, 0.717) is 11.3 Å². The van der Waals surface area contributed by atoms with Gasteiger partial charge in [-0.2, -0.15) is 5.26 Å². The normalized spacial score (nSPS) is 9.76.